The number of hydrogen-bond donors (Lipinski definition) is 0. The van der Waals surface area contributed by atoms with Crippen molar-refractivity contribution in [2.75, 3.05) is 14.1 Å². The third kappa shape index (κ3) is 2.54. The summed E-state index contributed by atoms with van der Waals surface area (Å²) in [5.74, 6) is -0.323. The summed E-state index contributed by atoms with van der Waals surface area (Å²) in [5.41, 5.74) is -0.603. The summed E-state index contributed by atoms with van der Waals surface area (Å²) < 4.78 is 45.7. The fourth-order valence-corrected chi connectivity index (χ4v) is 2.16. The van der Waals surface area contributed by atoms with E-state index in [2.05, 4.69) is 9.97 Å². The molecular weight excluding hydrogens is 313 g/mol. The van der Waals surface area contributed by atoms with Crippen LogP contribution >= 0.6 is 0 Å². The van der Waals surface area contributed by atoms with E-state index in [9.17, 15) is 18.0 Å². The van der Waals surface area contributed by atoms with Gasteiger partial charge in [-0.3, -0.25) is 9.20 Å². The Morgan fingerprint density at radius 3 is 2.61 bits per heavy atom. The Morgan fingerprint density at radius 2 is 2.04 bits per heavy atom. The molecule has 0 unspecified atom stereocenters. The molecule has 3 aromatic rings. The second kappa shape index (κ2) is 5.11. The van der Waals surface area contributed by atoms with E-state index in [-0.39, 0.29) is 22.7 Å². The molecule has 0 N–H and O–H groups in total. The van der Waals surface area contributed by atoms with Crippen molar-refractivity contribution in [2.24, 2.45) is 0 Å². The number of hydrogen-bond acceptors (Lipinski definition) is 4. The van der Waals surface area contributed by atoms with Gasteiger partial charge < -0.3 is 9.32 Å². The minimum atomic E-state index is -4.58. The van der Waals surface area contributed by atoms with E-state index in [0.717, 1.165) is 23.1 Å². The largest absolute Gasteiger partial charge is 0.443 e. The molecule has 0 radical (unpaired) electrons. The molecule has 3 rings (SSSR count). The molecular formula is C14H11F3N4O2. The van der Waals surface area contributed by atoms with Crippen molar-refractivity contribution in [1.29, 1.82) is 0 Å². The zero-order chi connectivity index (χ0) is 16.8. The average Bonchev–Trinajstić information content (AvgIpc) is 3.13. The molecule has 0 saturated heterocycles. The third-order valence-electron chi connectivity index (χ3n) is 3.26. The molecule has 0 fully saturated rings. The quantitative estimate of drug-likeness (QED) is 0.727. The first-order valence-corrected chi connectivity index (χ1v) is 6.48. The fraction of sp³-hybridized carbons (Fsp3) is 0.214. The second-order valence-corrected chi connectivity index (χ2v) is 5.04. The van der Waals surface area contributed by atoms with Gasteiger partial charge in [-0.1, -0.05) is 0 Å². The van der Waals surface area contributed by atoms with E-state index in [4.69, 9.17) is 4.42 Å². The van der Waals surface area contributed by atoms with Gasteiger partial charge >= 0.3 is 6.18 Å². The molecule has 9 heteroatoms. The molecule has 0 aliphatic carbocycles. The average molecular weight is 324 g/mol. The normalized spacial score (nSPS) is 11.9. The SMILES string of the molecule is CN(C)C(=O)c1cnc2c(-c3cnco3)cc(C(F)(F)F)cn12. The van der Waals surface area contributed by atoms with Crippen LogP contribution in [0.3, 0.4) is 0 Å². The van der Waals surface area contributed by atoms with E-state index in [1.807, 2.05) is 0 Å². The Morgan fingerprint density at radius 1 is 1.30 bits per heavy atom. The summed E-state index contributed by atoms with van der Waals surface area (Å²) in [6, 6.07) is 0.923. The monoisotopic (exact) mass is 324 g/mol. The summed E-state index contributed by atoms with van der Waals surface area (Å²) >= 11 is 0. The molecule has 0 aliphatic rings. The summed E-state index contributed by atoms with van der Waals surface area (Å²) in [5, 5.41) is 0. The van der Waals surface area contributed by atoms with Crippen molar-refractivity contribution in [2.45, 2.75) is 6.18 Å². The number of amides is 1. The van der Waals surface area contributed by atoms with Crippen molar-refractivity contribution in [3.05, 3.63) is 42.3 Å². The number of fused-ring (bicyclic) bond motifs is 1. The van der Waals surface area contributed by atoms with E-state index in [0.29, 0.717) is 0 Å². The molecule has 0 bridgehead atoms. The molecule has 0 aromatic carbocycles. The highest BCUT2D eigenvalue weighted by atomic mass is 19.4. The first-order valence-electron chi connectivity index (χ1n) is 6.48. The van der Waals surface area contributed by atoms with E-state index in [1.54, 1.807) is 0 Å². The van der Waals surface area contributed by atoms with Crippen LogP contribution in [-0.4, -0.2) is 39.3 Å². The van der Waals surface area contributed by atoms with Crippen LogP contribution in [0.25, 0.3) is 17.0 Å². The van der Waals surface area contributed by atoms with Crippen LogP contribution in [0.4, 0.5) is 13.2 Å². The Labute approximate surface area is 128 Å². The van der Waals surface area contributed by atoms with Gasteiger partial charge in [0.25, 0.3) is 5.91 Å². The second-order valence-electron chi connectivity index (χ2n) is 5.04. The predicted octanol–water partition coefficient (Wildman–Crippen LogP) is 2.71. The first-order chi connectivity index (χ1) is 10.8. The highest BCUT2D eigenvalue weighted by Gasteiger charge is 2.33. The minimum absolute atomic E-state index is 0.0249. The summed E-state index contributed by atoms with van der Waals surface area (Å²) in [7, 11) is 3.01. The smallest absolute Gasteiger partial charge is 0.417 e. The summed E-state index contributed by atoms with van der Waals surface area (Å²) in [6.07, 6.45) is -0.0964. The molecule has 6 nitrogen and oxygen atoms in total. The zero-order valence-electron chi connectivity index (χ0n) is 12.1. The number of nitrogens with zero attached hydrogens (tertiary/aromatic N) is 4. The number of pyridine rings is 1. The predicted molar refractivity (Wildman–Crippen MR) is 73.7 cm³/mol. The van der Waals surface area contributed by atoms with Gasteiger partial charge in [-0.05, 0) is 6.07 Å². The molecule has 0 atom stereocenters. The van der Waals surface area contributed by atoms with Crippen molar-refractivity contribution in [1.82, 2.24) is 19.3 Å². The number of imidazole rings is 1. The number of rotatable bonds is 2. The van der Waals surface area contributed by atoms with Gasteiger partial charge in [0.05, 0.1) is 23.5 Å². The van der Waals surface area contributed by atoms with Gasteiger partial charge in [0.1, 0.15) is 11.3 Å². The maximum atomic E-state index is 13.2. The molecule has 3 aromatic heterocycles. The number of oxazole rings is 1. The maximum Gasteiger partial charge on any atom is 0.417 e. The molecule has 23 heavy (non-hydrogen) atoms. The van der Waals surface area contributed by atoms with Gasteiger partial charge in [-0.25, -0.2) is 9.97 Å². The topological polar surface area (TPSA) is 63.6 Å². The molecule has 0 saturated carbocycles. The van der Waals surface area contributed by atoms with Crippen LogP contribution in [-0.2, 0) is 6.18 Å². The number of carbonyl (C=O) groups is 1. The van der Waals surface area contributed by atoms with E-state index < -0.39 is 17.6 Å². The van der Waals surface area contributed by atoms with Crippen LogP contribution in [0.2, 0.25) is 0 Å². The Balaban J connectivity index is 2.33. The van der Waals surface area contributed by atoms with E-state index in [1.165, 1.54) is 31.4 Å². The Hall–Kier alpha value is -2.84. The lowest BCUT2D eigenvalue weighted by molar-refractivity contribution is -0.137. The molecule has 0 aliphatic heterocycles. The summed E-state index contributed by atoms with van der Waals surface area (Å²) in [6.45, 7) is 0. The molecule has 3 heterocycles. The lowest BCUT2D eigenvalue weighted by atomic mass is 10.1. The summed E-state index contributed by atoms with van der Waals surface area (Å²) in [4.78, 5) is 21.2. The zero-order valence-corrected chi connectivity index (χ0v) is 12.1. The highest BCUT2D eigenvalue weighted by Crippen LogP contribution is 2.34. The minimum Gasteiger partial charge on any atom is -0.443 e. The van der Waals surface area contributed by atoms with Crippen molar-refractivity contribution in [3.8, 4) is 11.3 Å². The van der Waals surface area contributed by atoms with Crippen LogP contribution in [0.15, 0.2) is 35.5 Å². The van der Waals surface area contributed by atoms with Gasteiger partial charge in [0.2, 0.25) is 0 Å². The number of aromatic nitrogens is 3. The van der Waals surface area contributed by atoms with Gasteiger partial charge in [0, 0.05) is 20.3 Å². The lowest BCUT2D eigenvalue weighted by Crippen LogP contribution is -2.23. The molecule has 0 spiro atoms. The number of carbonyl (C=O) groups excluding carboxylic acids is 1. The first kappa shape index (κ1) is 15.1. The van der Waals surface area contributed by atoms with Crippen LogP contribution in [0, 0.1) is 0 Å². The Kier molecular flexibility index (Phi) is 3.35. The van der Waals surface area contributed by atoms with E-state index >= 15 is 0 Å². The maximum absolute atomic E-state index is 13.2. The fourth-order valence-electron chi connectivity index (χ4n) is 2.16. The van der Waals surface area contributed by atoms with Crippen LogP contribution < -0.4 is 0 Å². The molecule has 1 amide bonds. The Bertz CT molecular complexity index is 866. The van der Waals surface area contributed by atoms with Crippen molar-refractivity contribution >= 4 is 11.6 Å². The number of halogens is 3. The van der Waals surface area contributed by atoms with Crippen LogP contribution in [0.1, 0.15) is 16.1 Å². The standard InChI is InChI=1S/C14H11F3N4O2/c1-20(2)13(22)10-4-19-12-9(11-5-18-7-23-11)3-8(6-21(10)12)14(15,16)17/h3-7H,1-2H3. The lowest BCUT2D eigenvalue weighted by Gasteiger charge is -2.13. The van der Waals surface area contributed by atoms with Crippen molar-refractivity contribution < 1.29 is 22.4 Å². The van der Waals surface area contributed by atoms with Crippen LogP contribution in [0.5, 0.6) is 0 Å². The van der Waals surface area contributed by atoms with Gasteiger partial charge in [-0.2, -0.15) is 13.2 Å². The number of alkyl halides is 3. The molecule has 120 valence electrons. The van der Waals surface area contributed by atoms with Crippen molar-refractivity contribution in [3.63, 3.8) is 0 Å². The highest BCUT2D eigenvalue weighted by molar-refractivity contribution is 5.94. The van der Waals surface area contributed by atoms with Gasteiger partial charge in [-0.15, -0.1) is 0 Å². The van der Waals surface area contributed by atoms with Gasteiger partial charge in [0.15, 0.2) is 12.2 Å². The third-order valence-corrected chi connectivity index (χ3v) is 3.26.